The highest BCUT2D eigenvalue weighted by atomic mass is 16.5. The molecule has 1 aromatic carbocycles. The average Bonchev–Trinajstić information content (AvgIpc) is 2.28. The van der Waals surface area contributed by atoms with E-state index in [9.17, 15) is 9.90 Å². The number of hydrogen-bond donors (Lipinski definition) is 2. The lowest BCUT2D eigenvalue weighted by Gasteiger charge is -2.14. The minimum atomic E-state index is -0.615. The Morgan fingerprint density at radius 1 is 1.50 bits per heavy atom. The van der Waals surface area contributed by atoms with Crippen molar-refractivity contribution in [3.05, 3.63) is 29.8 Å². The zero-order chi connectivity index (χ0) is 12.0. The number of methoxy groups -OCH3 is 1. The molecule has 3 N–H and O–H groups in total. The van der Waals surface area contributed by atoms with E-state index >= 15 is 0 Å². The summed E-state index contributed by atoms with van der Waals surface area (Å²) in [7, 11) is 1.56. The summed E-state index contributed by atoms with van der Waals surface area (Å²) in [6, 6.07) is 7.30. The number of benzene rings is 1. The lowest BCUT2D eigenvalue weighted by atomic mass is 10.0. The van der Waals surface area contributed by atoms with Crippen LogP contribution in [0.25, 0.3) is 0 Å². The minimum Gasteiger partial charge on any atom is -0.496 e. The molecule has 16 heavy (non-hydrogen) atoms. The Hall–Kier alpha value is -1.55. The van der Waals surface area contributed by atoms with Crippen molar-refractivity contribution in [2.45, 2.75) is 25.4 Å². The van der Waals surface area contributed by atoms with Crippen molar-refractivity contribution in [1.29, 1.82) is 0 Å². The highest BCUT2D eigenvalue weighted by Crippen LogP contribution is 2.27. The van der Waals surface area contributed by atoms with Crippen molar-refractivity contribution >= 4 is 5.91 Å². The number of aliphatic hydroxyl groups excluding tert-OH is 1. The van der Waals surface area contributed by atoms with E-state index in [0.29, 0.717) is 25.0 Å². The number of rotatable bonds is 6. The van der Waals surface area contributed by atoms with E-state index in [1.807, 2.05) is 18.2 Å². The van der Waals surface area contributed by atoms with Crippen molar-refractivity contribution in [3.8, 4) is 5.75 Å². The second kappa shape index (κ2) is 6.12. The molecule has 0 bridgehead atoms. The fourth-order valence-electron chi connectivity index (χ4n) is 1.57. The molecule has 0 aliphatic heterocycles. The molecule has 0 saturated heterocycles. The molecular weight excluding hydrogens is 206 g/mol. The maximum Gasteiger partial charge on any atom is 0.217 e. The maximum absolute atomic E-state index is 10.6. The van der Waals surface area contributed by atoms with Gasteiger partial charge in [-0.05, 0) is 18.9 Å². The summed E-state index contributed by atoms with van der Waals surface area (Å²) < 4.78 is 5.14. The largest absolute Gasteiger partial charge is 0.496 e. The summed E-state index contributed by atoms with van der Waals surface area (Å²) in [5.41, 5.74) is 5.77. The van der Waals surface area contributed by atoms with Gasteiger partial charge in [0.1, 0.15) is 5.75 Å². The van der Waals surface area contributed by atoms with Crippen LogP contribution >= 0.6 is 0 Å². The van der Waals surface area contributed by atoms with Gasteiger partial charge in [0.15, 0.2) is 0 Å². The van der Waals surface area contributed by atoms with Crippen LogP contribution in [0.15, 0.2) is 24.3 Å². The van der Waals surface area contributed by atoms with E-state index in [0.717, 1.165) is 5.56 Å². The Morgan fingerprint density at radius 3 is 2.81 bits per heavy atom. The van der Waals surface area contributed by atoms with Gasteiger partial charge in [-0.1, -0.05) is 18.2 Å². The van der Waals surface area contributed by atoms with Crippen LogP contribution in [0.2, 0.25) is 0 Å². The zero-order valence-corrected chi connectivity index (χ0v) is 9.35. The zero-order valence-electron chi connectivity index (χ0n) is 9.35. The summed E-state index contributed by atoms with van der Waals surface area (Å²) in [6.07, 6.45) is 0.764. The number of carbonyl (C=O) groups is 1. The van der Waals surface area contributed by atoms with Crippen molar-refractivity contribution in [2.24, 2.45) is 5.73 Å². The average molecular weight is 223 g/mol. The lowest BCUT2D eigenvalue weighted by molar-refractivity contribution is -0.118. The van der Waals surface area contributed by atoms with Gasteiger partial charge in [-0.15, -0.1) is 0 Å². The van der Waals surface area contributed by atoms with E-state index in [1.54, 1.807) is 13.2 Å². The molecule has 1 amide bonds. The molecule has 1 aromatic rings. The molecule has 1 rings (SSSR count). The van der Waals surface area contributed by atoms with Gasteiger partial charge in [0.25, 0.3) is 0 Å². The van der Waals surface area contributed by atoms with Gasteiger partial charge in [-0.25, -0.2) is 0 Å². The summed E-state index contributed by atoms with van der Waals surface area (Å²) in [5.74, 6) is 0.321. The molecule has 0 saturated carbocycles. The van der Waals surface area contributed by atoms with Crippen molar-refractivity contribution in [3.63, 3.8) is 0 Å². The minimum absolute atomic E-state index is 0.298. The van der Waals surface area contributed by atoms with E-state index in [1.165, 1.54) is 0 Å². The summed E-state index contributed by atoms with van der Waals surface area (Å²) in [5, 5.41) is 9.91. The van der Waals surface area contributed by atoms with Gasteiger partial charge < -0.3 is 15.6 Å². The monoisotopic (exact) mass is 223 g/mol. The van der Waals surface area contributed by atoms with Crippen molar-refractivity contribution in [2.75, 3.05) is 7.11 Å². The summed E-state index contributed by atoms with van der Waals surface area (Å²) >= 11 is 0. The third kappa shape index (κ3) is 3.55. The van der Waals surface area contributed by atoms with Crippen LogP contribution in [0, 0.1) is 0 Å². The van der Waals surface area contributed by atoms with Crippen molar-refractivity contribution < 1.29 is 14.6 Å². The molecule has 0 heterocycles. The van der Waals surface area contributed by atoms with Gasteiger partial charge in [-0.3, -0.25) is 4.79 Å². The fraction of sp³-hybridized carbons (Fsp3) is 0.417. The smallest absolute Gasteiger partial charge is 0.217 e. The standard InChI is InChI=1S/C12H17NO3/c1-16-11-7-3-2-5-9(11)10(14)6-4-8-12(13)15/h2-3,5,7,10,14H,4,6,8H2,1H3,(H2,13,15). The van der Waals surface area contributed by atoms with Crippen molar-refractivity contribution in [1.82, 2.24) is 0 Å². The molecule has 4 heteroatoms. The predicted molar refractivity (Wildman–Crippen MR) is 61.0 cm³/mol. The SMILES string of the molecule is COc1ccccc1C(O)CCCC(N)=O. The molecule has 1 unspecified atom stereocenters. The Labute approximate surface area is 95.0 Å². The molecule has 1 atom stereocenters. The highest BCUT2D eigenvalue weighted by Gasteiger charge is 2.12. The van der Waals surface area contributed by atoms with Crippen LogP contribution in [0.5, 0.6) is 5.75 Å². The number of hydrogen-bond acceptors (Lipinski definition) is 3. The maximum atomic E-state index is 10.6. The lowest BCUT2D eigenvalue weighted by Crippen LogP contribution is -2.10. The van der Waals surface area contributed by atoms with Gasteiger partial charge in [0, 0.05) is 12.0 Å². The van der Waals surface area contributed by atoms with Crippen LogP contribution in [0.4, 0.5) is 0 Å². The molecule has 88 valence electrons. The Bertz CT molecular complexity index is 352. The van der Waals surface area contributed by atoms with Crippen LogP contribution in [0.3, 0.4) is 0 Å². The Morgan fingerprint density at radius 2 is 2.19 bits per heavy atom. The number of carbonyl (C=O) groups excluding carboxylic acids is 1. The first-order valence-electron chi connectivity index (χ1n) is 5.24. The molecule has 0 fully saturated rings. The second-order valence-electron chi connectivity index (χ2n) is 3.62. The molecular formula is C12H17NO3. The number of amides is 1. The van der Waals surface area contributed by atoms with E-state index in [4.69, 9.17) is 10.5 Å². The van der Waals surface area contributed by atoms with Gasteiger partial charge in [0.2, 0.25) is 5.91 Å². The quantitative estimate of drug-likeness (QED) is 0.765. The summed E-state index contributed by atoms with van der Waals surface area (Å²) in [4.78, 5) is 10.6. The van der Waals surface area contributed by atoms with E-state index < -0.39 is 6.10 Å². The molecule has 0 aromatic heterocycles. The van der Waals surface area contributed by atoms with Crippen LogP contribution in [-0.4, -0.2) is 18.1 Å². The molecule has 0 spiro atoms. The number of para-hydroxylation sites is 1. The van der Waals surface area contributed by atoms with E-state index in [2.05, 4.69) is 0 Å². The number of primary amides is 1. The topological polar surface area (TPSA) is 72.6 Å². The summed E-state index contributed by atoms with van der Waals surface area (Å²) in [6.45, 7) is 0. The predicted octanol–water partition coefficient (Wildman–Crippen LogP) is 1.38. The Balaban J connectivity index is 2.58. The number of aliphatic hydroxyl groups is 1. The normalized spacial score (nSPS) is 12.1. The van der Waals surface area contributed by atoms with Gasteiger partial charge in [0.05, 0.1) is 13.2 Å². The van der Waals surface area contributed by atoms with Crippen LogP contribution in [0.1, 0.15) is 30.9 Å². The van der Waals surface area contributed by atoms with Crippen LogP contribution < -0.4 is 10.5 Å². The second-order valence-corrected chi connectivity index (χ2v) is 3.62. The first-order valence-corrected chi connectivity index (χ1v) is 5.24. The first kappa shape index (κ1) is 12.5. The van der Waals surface area contributed by atoms with Gasteiger partial charge in [-0.2, -0.15) is 0 Å². The molecule has 0 aliphatic carbocycles. The highest BCUT2D eigenvalue weighted by molar-refractivity contribution is 5.73. The third-order valence-corrected chi connectivity index (χ3v) is 2.40. The van der Waals surface area contributed by atoms with Crippen LogP contribution in [-0.2, 0) is 4.79 Å². The van der Waals surface area contributed by atoms with E-state index in [-0.39, 0.29) is 5.91 Å². The number of ether oxygens (including phenoxy) is 1. The third-order valence-electron chi connectivity index (χ3n) is 2.40. The first-order chi connectivity index (χ1) is 7.65. The number of nitrogens with two attached hydrogens (primary N) is 1. The fourth-order valence-corrected chi connectivity index (χ4v) is 1.57. The molecule has 4 nitrogen and oxygen atoms in total. The molecule has 0 aliphatic rings. The Kier molecular flexibility index (Phi) is 4.79. The molecule has 0 radical (unpaired) electrons. The van der Waals surface area contributed by atoms with Gasteiger partial charge >= 0.3 is 0 Å².